The summed E-state index contributed by atoms with van der Waals surface area (Å²) >= 11 is 5.71. The highest BCUT2D eigenvalue weighted by atomic mass is 35.5. The van der Waals surface area contributed by atoms with E-state index in [-0.39, 0.29) is 11.9 Å². The van der Waals surface area contributed by atoms with E-state index in [2.05, 4.69) is 10.3 Å². The fourth-order valence-electron chi connectivity index (χ4n) is 1.73. The first kappa shape index (κ1) is 13.6. The molecule has 19 heavy (non-hydrogen) atoms. The van der Waals surface area contributed by atoms with E-state index >= 15 is 0 Å². The average molecular weight is 275 g/mol. The van der Waals surface area contributed by atoms with Crippen LogP contribution in [0.3, 0.4) is 0 Å². The van der Waals surface area contributed by atoms with Gasteiger partial charge in [-0.2, -0.15) is 0 Å². The summed E-state index contributed by atoms with van der Waals surface area (Å²) in [6.07, 6.45) is 1.72. The molecule has 1 atom stereocenters. The predicted octanol–water partition coefficient (Wildman–Crippen LogP) is 3.31. The lowest BCUT2D eigenvalue weighted by Gasteiger charge is -2.13. The zero-order chi connectivity index (χ0) is 13.7. The van der Waals surface area contributed by atoms with Crippen LogP contribution >= 0.6 is 11.6 Å². The average Bonchev–Trinajstić information content (AvgIpc) is 2.48. The van der Waals surface area contributed by atoms with E-state index in [1.807, 2.05) is 37.3 Å². The molecule has 2 rings (SSSR count). The maximum atomic E-state index is 12.1. The highest BCUT2D eigenvalue weighted by Crippen LogP contribution is 2.11. The molecule has 98 valence electrons. The number of hydrogen-bond acceptors (Lipinski definition) is 2. The van der Waals surface area contributed by atoms with Crippen LogP contribution in [0.4, 0.5) is 0 Å². The third-order valence-electron chi connectivity index (χ3n) is 2.85. The molecule has 0 aliphatic rings. The van der Waals surface area contributed by atoms with Gasteiger partial charge in [0.05, 0.1) is 11.7 Å². The number of nitrogens with zero attached hydrogens (tertiary/aromatic N) is 1. The summed E-state index contributed by atoms with van der Waals surface area (Å²) in [5, 5.41) is 2.92. The molecule has 3 nitrogen and oxygen atoms in total. The predicted molar refractivity (Wildman–Crippen MR) is 76.1 cm³/mol. The minimum absolute atomic E-state index is 0.112. The van der Waals surface area contributed by atoms with Crippen LogP contribution in [0.5, 0.6) is 0 Å². The Kier molecular flexibility index (Phi) is 4.53. The van der Waals surface area contributed by atoms with Gasteiger partial charge in [-0.25, -0.2) is 0 Å². The van der Waals surface area contributed by atoms with Crippen molar-refractivity contribution in [2.24, 2.45) is 0 Å². The van der Waals surface area contributed by atoms with Gasteiger partial charge < -0.3 is 5.32 Å². The quantitative estimate of drug-likeness (QED) is 0.869. The first-order valence-electron chi connectivity index (χ1n) is 6.07. The summed E-state index contributed by atoms with van der Waals surface area (Å²) in [5.74, 6) is 0.339. The molecule has 1 aromatic carbocycles. The van der Waals surface area contributed by atoms with E-state index in [9.17, 15) is 4.79 Å². The maximum Gasteiger partial charge on any atom is 0.251 e. The van der Waals surface area contributed by atoms with Crippen molar-refractivity contribution in [3.05, 3.63) is 65.5 Å². The van der Waals surface area contributed by atoms with Crippen molar-refractivity contribution < 1.29 is 4.79 Å². The maximum absolute atomic E-state index is 12.1. The molecule has 1 heterocycles. The fraction of sp³-hybridized carbons (Fsp3) is 0.200. The molecule has 1 aromatic heterocycles. The SMILES string of the molecule is C[C@H](NC(=O)c1ccc(CCl)cc1)c1ccccn1. The summed E-state index contributed by atoms with van der Waals surface area (Å²) in [6.45, 7) is 1.91. The van der Waals surface area contributed by atoms with Crippen LogP contribution in [0.15, 0.2) is 48.7 Å². The monoisotopic (exact) mass is 274 g/mol. The standard InChI is InChI=1S/C15H15ClN2O/c1-11(14-4-2-3-9-17-14)18-15(19)13-7-5-12(10-16)6-8-13/h2-9,11H,10H2,1H3,(H,18,19)/t11-/m0/s1. The Bertz CT molecular complexity index is 540. The molecule has 0 aliphatic heterocycles. The van der Waals surface area contributed by atoms with Crippen molar-refractivity contribution in [3.63, 3.8) is 0 Å². The van der Waals surface area contributed by atoms with Gasteiger partial charge in [-0.1, -0.05) is 18.2 Å². The molecule has 0 spiro atoms. The van der Waals surface area contributed by atoms with Gasteiger partial charge in [0.1, 0.15) is 0 Å². The third kappa shape index (κ3) is 3.55. The van der Waals surface area contributed by atoms with Crippen LogP contribution in [-0.4, -0.2) is 10.9 Å². The minimum Gasteiger partial charge on any atom is -0.344 e. The van der Waals surface area contributed by atoms with Gasteiger partial charge in [0.25, 0.3) is 5.91 Å². The van der Waals surface area contributed by atoms with Gasteiger partial charge in [0.15, 0.2) is 0 Å². The number of aromatic nitrogens is 1. The Morgan fingerprint density at radius 2 is 2.00 bits per heavy atom. The van der Waals surface area contributed by atoms with Crippen molar-refractivity contribution in [2.75, 3.05) is 0 Å². The number of hydrogen-bond donors (Lipinski definition) is 1. The number of carbonyl (C=O) groups excluding carboxylic acids is 1. The molecule has 0 fully saturated rings. The highest BCUT2D eigenvalue weighted by molar-refractivity contribution is 6.17. The molecular weight excluding hydrogens is 260 g/mol. The van der Waals surface area contributed by atoms with Crippen molar-refractivity contribution in [1.82, 2.24) is 10.3 Å². The molecule has 1 N–H and O–H groups in total. The zero-order valence-corrected chi connectivity index (χ0v) is 11.4. The van der Waals surface area contributed by atoms with Crippen LogP contribution < -0.4 is 5.32 Å². The second-order valence-corrected chi connectivity index (χ2v) is 4.55. The Balaban J connectivity index is 2.04. The smallest absolute Gasteiger partial charge is 0.251 e. The minimum atomic E-state index is -0.124. The summed E-state index contributed by atoms with van der Waals surface area (Å²) in [7, 11) is 0. The fourth-order valence-corrected chi connectivity index (χ4v) is 1.91. The second-order valence-electron chi connectivity index (χ2n) is 4.28. The third-order valence-corrected chi connectivity index (χ3v) is 3.16. The summed E-state index contributed by atoms with van der Waals surface area (Å²) in [4.78, 5) is 16.3. The number of halogens is 1. The van der Waals surface area contributed by atoms with E-state index in [0.29, 0.717) is 11.4 Å². The van der Waals surface area contributed by atoms with Gasteiger partial charge in [0, 0.05) is 17.6 Å². The lowest BCUT2D eigenvalue weighted by Crippen LogP contribution is -2.27. The van der Waals surface area contributed by atoms with Crippen LogP contribution in [0.2, 0.25) is 0 Å². The number of amides is 1. The van der Waals surface area contributed by atoms with Gasteiger partial charge in [0.2, 0.25) is 0 Å². The Labute approximate surface area is 117 Å². The van der Waals surface area contributed by atoms with Crippen LogP contribution in [0.25, 0.3) is 0 Å². The molecule has 4 heteroatoms. The Morgan fingerprint density at radius 3 is 2.58 bits per heavy atom. The van der Waals surface area contributed by atoms with Crippen molar-refractivity contribution >= 4 is 17.5 Å². The molecule has 0 saturated heterocycles. The number of nitrogens with one attached hydrogen (secondary N) is 1. The highest BCUT2D eigenvalue weighted by Gasteiger charge is 2.11. The molecule has 0 unspecified atom stereocenters. The first-order chi connectivity index (χ1) is 9.20. The number of alkyl halides is 1. The largest absolute Gasteiger partial charge is 0.344 e. The van der Waals surface area contributed by atoms with Crippen molar-refractivity contribution in [1.29, 1.82) is 0 Å². The van der Waals surface area contributed by atoms with Crippen LogP contribution in [0, 0.1) is 0 Å². The Hall–Kier alpha value is -1.87. The van der Waals surface area contributed by atoms with E-state index in [0.717, 1.165) is 11.3 Å². The topological polar surface area (TPSA) is 42.0 Å². The summed E-state index contributed by atoms with van der Waals surface area (Å²) in [6, 6.07) is 12.8. The lowest BCUT2D eigenvalue weighted by atomic mass is 10.1. The molecule has 0 radical (unpaired) electrons. The molecular formula is C15H15ClN2O. The van der Waals surface area contributed by atoms with Gasteiger partial charge in [-0.15, -0.1) is 11.6 Å². The lowest BCUT2D eigenvalue weighted by molar-refractivity contribution is 0.0939. The van der Waals surface area contributed by atoms with E-state index in [1.54, 1.807) is 18.3 Å². The first-order valence-corrected chi connectivity index (χ1v) is 6.61. The van der Waals surface area contributed by atoms with Crippen LogP contribution in [0.1, 0.15) is 34.6 Å². The summed E-state index contributed by atoms with van der Waals surface area (Å²) in [5.41, 5.74) is 2.46. The van der Waals surface area contributed by atoms with Crippen molar-refractivity contribution in [2.45, 2.75) is 18.8 Å². The normalized spacial score (nSPS) is 11.9. The summed E-state index contributed by atoms with van der Waals surface area (Å²) < 4.78 is 0. The van der Waals surface area contributed by atoms with Crippen molar-refractivity contribution in [3.8, 4) is 0 Å². The number of benzene rings is 1. The molecule has 1 amide bonds. The number of pyridine rings is 1. The molecule has 2 aromatic rings. The van der Waals surface area contributed by atoms with Crippen LogP contribution in [-0.2, 0) is 5.88 Å². The Morgan fingerprint density at radius 1 is 1.26 bits per heavy atom. The van der Waals surface area contributed by atoms with Gasteiger partial charge in [-0.3, -0.25) is 9.78 Å². The number of carbonyl (C=O) groups is 1. The van der Waals surface area contributed by atoms with Gasteiger partial charge >= 0.3 is 0 Å². The van der Waals surface area contributed by atoms with E-state index in [4.69, 9.17) is 11.6 Å². The van der Waals surface area contributed by atoms with E-state index in [1.165, 1.54) is 0 Å². The zero-order valence-electron chi connectivity index (χ0n) is 10.6. The van der Waals surface area contributed by atoms with E-state index < -0.39 is 0 Å². The molecule has 0 bridgehead atoms. The molecule has 0 saturated carbocycles. The number of rotatable bonds is 4. The second kappa shape index (κ2) is 6.34. The van der Waals surface area contributed by atoms with Gasteiger partial charge in [-0.05, 0) is 36.8 Å². The molecule has 0 aliphatic carbocycles.